The molecule has 0 fully saturated rings. The first-order chi connectivity index (χ1) is 13.8. The normalized spacial score (nSPS) is 15.9. The molecule has 2 aromatic carbocycles. The molecule has 2 aromatic rings. The summed E-state index contributed by atoms with van der Waals surface area (Å²) in [4.78, 5) is 25.2. The number of hydrogen-bond donors (Lipinski definition) is 3. The van der Waals surface area contributed by atoms with Gasteiger partial charge in [-0.1, -0.05) is 18.2 Å². The second-order valence-electron chi connectivity index (χ2n) is 7.69. The molecule has 0 atom stereocenters. The minimum absolute atomic E-state index is 0.164. The summed E-state index contributed by atoms with van der Waals surface area (Å²) in [6, 6.07) is 12.7. The Bertz CT molecular complexity index is 966. The highest BCUT2D eigenvalue weighted by Gasteiger charge is 2.28. The van der Waals surface area contributed by atoms with Gasteiger partial charge in [0.25, 0.3) is 5.91 Å². The summed E-state index contributed by atoms with van der Waals surface area (Å²) in [7, 11) is 1.63. The van der Waals surface area contributed by atoms with Crippen LogP contribution < -0.4 is 15.4 Å². The minimum atomic E-state index is -0.214. The summed E-state index contributed by atoms with van der Waals surface area (Å²) >= 11 is 4.09. The Morgan fingerprint density at radius 1 is 1.21 bits per heavy atom. The minimum Gasteiger partial charge on any atom is -0.497 e. The van der Waals surface area contributed by atoms with Crippen LogP contribution in [0.1, 0.15) is 45.7 Å². The number of nitrogens with one attached hydrogen (secondary N) is 2. The molecule has 29 heavy (non-hydrogen) atoms. The van der Waals surface area contributed by atoms with Crippen LogP contribution in [0.15, 0.2) is 48.5 Å². The monoisotopic (exact) mass is 410 g/mol. The van der Waals surface area contributed by atoms with Gasteiger partial charge in [-0.3, -0.25) is 9.59 Å². The Kier molecular flexibility index (Phi) is 6.33. The van der Waals surface area contributed by atoms with Crippen LogP contribution in [-0.2, 0) is 6.42 Å². The van der Waals surface area contributed by atoms with Crippen molar-refractivity contribution >= 4 is 30.0 Å². The molecule has 1 heterocycles. The molecule has 3 rings (SSSR count). The van der Waals surface area contributed by atoms with E-state index in [0.29, 0.717) is 23.4 Å². The third kappa shape index (κ3) is 5.01. The molecular formula is C23H26N2O3S. The Labute approximate surface area is 176 Å². The van der Waals surface area contributed by atoms with Gasteiger partial charge in [-0.25, -0.2) is 0 Å². The number of methoxy groups -OCH3 is 1. The quantitative estimate of drug-likeness (QED) is 0.387. The van der Waals surface area contributed by atoms with Crippen molar-refractivity contribution in [2.45, 2.75) is 25.8 Å². The summed E-state index contributed by atoms with van der Waals surface area (Å²) in [6.45, 7) is 4.68. The third-order valence-corrected chi connectivity index (χ3v) is 5.02. The first-order valence-electron chi connectivity index (χ1n) is 9.53. The van der Waals surface area contributed by atoms with E-state index in [1.54, 1.807) is 37.5 Å². The summed E-state index contributed by atoms with van der Waals surface area (Å²) in [5, 5.41) is 6.23. The molecule has 1 aliphatic heterocycles. The van der Waals surface area contributed by atoms with Crippen molar-refractivity contribution < 1.29 is 14.3 Å². The molecule has 0 saturated heterocycles. The van der Waals surface area contributed by atoms with E-state index >= 15 is 0 Å². The maximum absolute atomic E-state index is 13.0. The molecule has 152 valence electrons. The van der Waals surface area contributed by atoms with Gasteiger partial charge in [0, 0.05) is 46.3 Å². The van der Waals surface area contributed by atoms with E-state index in [1.807, 2.05) is 18.2 Å². The molecule has 1 aliphatic rings. The highest BCUT2D eigenvalue weighted by atomic mass is 32.1. The number of benzene rings is 2. The van der Waals surface area contributed by atoms with E-state index in [1.165, 1.54) is 0 Å². The lowest BCUT2D eigenvalue weighted by Gasteiger charge is -2.35. The van der Waals surface area contributed by atoms with E-state index in [2.05, 4.69) is 37.1 Å². The summed E-state index contributed by atoms with van der Waals surface area (Å²) < 4.78 is 5.35. The van der Waals surface area contributed by atoms with Crippen molar-refractivity contribution in [2.24, 2.45) is 0 Å². The molecule has 0 bridgehead atoms. The van der Waals surface area contributed by atoms with E-state index in [-0.39, 0.29) is 17.2 Å². The van der Waals surface area contributed by atoms with Gasteiger partial charge in [0.05, 0.1) is 7.11 Å². The molecule has 5 nitrogen and oxygen atoms in total. The maximum Gasteiger partial charge on any atom is 0.251 e. The Hall–Kier alpha value is -2.73. The van der Waals surface area contributed by atoms with Gasteiger partial charge >= 0.3 is 0 Å². The number of fused-ring (bicyclic) bond motifs is 1. The zero-order valence-electron chi connectivity index (χ0n) is 16.9. The van der Waals surface area contributed by atoms with Gasteiger partial charge in [-0.2, -0.15) is 12.6 Å². The van der Waals surface area contributed by atoms with Crippen LogP contribution in [0.3, 0.4) is 0 Å². The fourth-order valence-corrected chi connectivity index (χ4v) is 3.56. The van der Waals surface area contributed by atoms with E-state index in [9.17, 15) is 9.59 Å². The lowest BCUT2D eigenvalue weighted by molar-refractivity contribution is 0.0956. The molecule has 0 radical (unpaired) electrons. The van der Waals surface area contributed by atoms with E-state index < -0.39 is 0 Å². The second-order valence-corrected chi connectivity index (χ2v) is 8.14. The number of rotatable bonds is 6. The molecule has 2 N–H and O–H groups in total. The molecular weight excluding hydrogens is 384 g/mol. The Morgan fingerprint density at radius 2 is 1.97 bits per heavy atom. The van der Waals surface area contributed by atoms with Crippen molar-refractivity contribution in [3.05, 3.63) is 70.8 Å². The fraction of sp³-hybridized carbons (Fsp3) is 0.304. The van der Waals surface area contributed by atoms with Crippen LogP contribution in [0.5, 0.6) is 5.75 Å². The van der Waals surface area contributed by atoms with Crippen molar-refractivity contribution in [1.29, 1.82) is 0 Å². The van der Waals surface area contributed by atoms with Crippen molar-refractivity contribution in [3.8, 4) is 5.75 Å². The zero-order valence-corrected chi connectivity index (χ0v) is 17.8. The van der Waals surface area contributed by atoms with Gasteiger partial charge in [-0.05, 0) is 50.1 Å². The van der Waals surface area contributed by atoms with Gasteiger partial charge < -0.3 is 15.4 Å². The SMILES string of the molecule is COc1ccc2c(c1)/C(=C/C(=O)c1cccc(C(=O)NCCS)c1)NC(C)(C)C2. The first-order valence-corrected chi connectivity index (χ1v) is 10.2. The average Bonchev–Trinajstić information content (AvgIpc) is 2.71. The second kappa shape index (κ2) is 8.74. The average molecular weight is 411 g/mol. The molecule has 1 amide bonds. The third-order valence-electron chi connectivity index (χ3n) is 4.79. The summed E-state index contributed by atoms with van der Waals surface area (Å²) in [5.74, 6) is 0.920. The topological polar surface area (TPSA) is 67.4 Å². The van der Waals surface area contributed by atoms with E-state index in [4.69, 9.17) is 4.74 Å². The summed E-state index contributed by atoms with van der Waals surface area (Å²) in [5.41, 5.74) is 3.61. The Morgan fingerprint density at radius 3 is 2.69 bits per heavy atom. The van der Waals surface area contributed by atoms with Gasteiger partial charge in [-0.15, -0.1) is 0 Å². The van der Waals surface area contributed by atoms with Crippen LogP contribution in [0.4, 0.5) is 0 Å². The molecule has 0 spiro atoms. The van der Waals surface area contributed by atoms with Gasteiger partial charge in [0.2, 0.25) is 0 Å². The highest BCUT2D eigenvalue weighted by Crippen LogP contribution is 2.32. The summed E-state index contributed by atoms with van der Waals surface area (Å²) in [6.07, 6.45) is 2.45. The number of allylic oxidation sites excluding steroid dienone is 1. The molecule has 6 heteroatoms. The van der Waals surface area contributed by atoms with Gasteiger partial charge in [0.15, 0.2) is 5.78 Å². The molecule has 0 unspecified atom stereocenters. The number of amides is 1. The number of ether oxygens (including phenoxy) is 1. The Balaban J connectivity index is 1.94. The number of thiol groups is 1. The standard InChI is InChI=1S/C23H26N2O3S/c1-23(2)14-17-7-8-18(28-3)12-19(17)20(25-23)13-21(26)15-5-4-6-16(11-15)22(27)24-9-10-29/h4-8,11-13,25,29H,9-10,14H2,1-3H3,(H,24,27)/b20-13-. The van der Waals surface area contributed by atoms with Crippen LogP contribution in [0, 0.1) is 0 Å². The van der Waals surface area contributed by atoms with Crippen LogP contribution in [0.2, 0.25) is 0 Å². The number of carbonyl (C=O) groups excluding carboxylic acids is 2. The zero-order chi connectivity index (χ0) is 21.0. The van der Waals surface area contributed by atoms with Crippen molar-refractivity contribution in [1.82, 2.24) is 10.6 Å². The van der Waals surface area contributed by atoms with E-state index in [0.717, 1.165) is 29.0 Å². The number of ketones is 1. The van der Waals surface area contributed by atoms with Crippen LogP contribution in [0.25, 0.3) is 5.70 Å². The van der Waals surface area contributed by atoms with Crippen molar-refractivity contribution in [3.63, 3.8) is 0 Å². The largest absolute Gasteiger partial charge is 0.497 e. The molecule has 0 aliphatic carbocycles. The molecule has 0 aromatic heterocycles. The molecule has 0 saturated carbocycles. The lowest BCUT2D eigenvalue weighted by Crippen LogP contribution is -2.43. The smallest absolute Gasteiger partial charge is 0.251 e. The van der Waals surface area contributed by atoms with Gasteiger partial charge in [0.1, 0.15) is 5.75 Å². The number of hydrogen-bond acceptors (Lipinski definition) is 5. The highest BCUT2D eigenvalue weighted by molar-refractivity contribution is 7.80. The van der Waals surface area contributed by atoms with Crippen LogP contribution >= 0.6 is 12.6 Å². The maximum atomic E-state index is 13.0. The predicted molar refractivity (Wildman–Crippen MR) is 119 cm³/mol. The van der Waals surface area contributed by atoms with Crippen LogP contribution in [-0.4, -0.2) is 36.6 Å². The predicted octanol–water partition coefficient (Wildman–Crippen LogP) is 3.50. The van der Waals surface area contributed by atoms with Crippen molar-refractivity contribution in [2.75, 3.05) is 19.4 Å². The first kappa shape index (κ1) is 21.0. The number of carbonyl (C=O) groups is 2. The fourth-order valence-electron chi connectivity index (χ4n) is 3.45. The lowest BCUT2D eigenvalue weighted by atomic mass is 9.85.